The Morgan fingerprint density at radius 3 is 2.91 bits per heavy atom. The van der Waals surface area contributed by atoms with Gasteiger partial charge in [-0.15, -0.1) is 0 Å². The van der Waals surface area contributed by atoms with Gasteiger partial charge in [-0.05, 0) is 19.4 Å². The Balaban J connectivity index is 1.71. The number of nitrogen functional groups attached to an aromatic ring is 1. The van der Waals surface area contributed by atoms with Crippen LogP contribution in [0.5, 0.6) is 11.5 Å². The number of carboxylic acid groups (broad SMARTS) is 1. The van der Waals surface area contributed by atoms with Gasteiger partial charge in [0.2, 0.25) is 11.2 Å². The Kier molecular flexibility index (Phi) is 4.66. The van der Waals surface area contributed by atoms with Gasteiger partial charge in [-0.3, -0.25) is 14.5 Å². The van der Waals surface area contributed by atoms with Crippen molar-refractivity contribution < 1.29 is 23.8 Å². The van der Waals surface area contributed by atoms with Crippen molar-refractivity contribution in [2.45, 2.75) is 12.5 Å². The zero-order chi connectivity index (χ0) is 22.7. The molecule has 2 aromatic rings. The lowest BCUT2D eigenvalue weighted by molar-refractivity contribution is 0.143. The monoisotopic (exact) mass is 445 g/mol. The molecule has 3 unspecified atom stereocenters. The zero-order valence-electron chi connectivity index (χ0n) is 17.7. The van der Waals surface area contributed by atoms with Crippen LogP contribution < -0.4 is 35.9 Å². The predicted molar refractivity (Wildman–Crippen MR) is 117 cm³/mol. The van der Waals surface area contributed by atoms with Crippen LogP contribution in [0.4, 0.5) is 20.6 Å². The smallest absolute Gasteiger partial charge is 0.467 e. The Morgan fingerprint density at radius 1 is 1.41 bits per heavy atom. The van der Waals surface area contributed by atoms with E-state index in [9.17, 15) is 9.59 Å². The van der Waals surface area contributed by atoms with E-state index < -0.39 is 23.2 Å². The third-order valence-electron chi connectivity index (χ3n) is 6.65. The van der Waals surface area contributed by atoms with Gasteiger partial charge in [0.15, 0.2) is 18.3 Å². The molecule has 1 aliphatic carbocycles. The number of allylic oxidation sites excluding steroid dienone is 1. The minimum atomic E-state index is -1.65. The molecule has 11 heteroatoms. The normalized spacial score (nSPS) is 23.9. The van der Waals surface area contributed by atoms with Crippen molar-refractivity contribution in [3.8, 4) is 11.5 Å². The van der Waals surface area contributed by atoms with Gasteiger partial charge in [-0.1, -0.05) is 12.2 Å². The van der Waals surface area contributed by atoms with Crippen molar-refractivity contribution in [1.82, 2.24) is 9.99 Å². The molecule has 0 spiro atoms. The number of nitrogens with zero attached hydrogens (tertiary/aromatic N) is 3. The van der Waals surface area contributed by atoms with Crippen molar-refractivity contribution in [2.75, 3.05) is 49.6 Å². The van der Waals surface area contributed by atoms with E-state index in [2.05, 4.69) is 22.2 Å². The minimum absolute atomic E-state index is 0.0647. The maximum absolute atomic E-state index is 15.7. The van der Waals surface area contributed by atoms with Gasteiger partial charge in [0.1, 0.15) is 11.2 Å². The second-order valence-corrected chi connectivity index (χ2v) is 8.40. The van der Waals surface area contributed by atoms with E-state index in [1.807, 2.05) is 11.9 Å². The number of hydrogen-bond donors (Lipinski definition) is 3. The van der Waals surface area contributed by atoms with Gasteiger partial charge >= 0.3 is 6.16 Å². The first-order valence-corrected chi connectivity index (χ1v) is 10.4. The first-order chi connectivity index (χ1) is 15.3. The van der Waals surface area contributed by atoms with Crippen LogP contribution >= 0.6 is 0 Å². The van der Waals surface area contributed by atoms with Gasteiger partial charge in [-0.2, -0.15) is 0 Å². The standard InChI is InChI=1S/C21H24FN5O5/c1-24-12-5-3-4-10-6-26(7-11(10)12)18-15(22)16(23)14-17-20(18)31-9-25(2)27(17)8-13(19(14)28)32-21(29)30/h3,5,8,10-12,24H,4,6-7,9,23H2,1-2H3,(H,29,30). The molecule has 0 amide bonds. The number of likely N-dealkylation sites (N-methyl/N-ethyl adjacent to an activating group) is 1. The number of rotatable bonds is 3. The average Bonchev–Trinajstić information content (AvgIpc) is 3.19. The van der Waals surface area contributed by atoms with E-state index in [4.69, 9.17) is 15.6 Å². The van der Waals surface area contributed by atoms with E-state index >= 15 is 4.39 Å². The van der Waals surface area contributed by atoms with Gasteiger partial charge in [0.05, 0.1) is 17.3 Å². The van der Waals surface area contributed by atoms with Crippen LogP contribution in [-0.4, -0.2) is 55.9 Å². The fourth-order valence-electron chi connectivity index (χ4n) is 5.16. The first kappa shape index (κ1) is 20.4. The highest BCUT2D eigenvalue weighted by molar-refractivity contribution is 6.01. The molecular formula is C21H24FN5O5. The van der Waals surface area contributed by atoms with Crippen molar-refractivity contribution in [2.24, 2.45) is 11.8 Å². The number of fused-ring (bicyclic) bond motifs is 1. The fraction of sp³-hybridized carbons (Fsp3) is 0.429. The number of aromatic nitrogens is 1. The number of pyridine rings is 1. The molecule has 0 saturated carbocycles. The third kappa shape index (κ3) is 2.88. The topological polar surface area (TPSA) is 122 Å². The molecule has 2 aliphatic heterocycles. The summed E-state index contributed by atoms with van der Waals surface area (Å²) in [5.74, 6) is -0.343. The van der Waals surface area contributed by atoms with E-state index in [-0.39, 0.29) is 40.8 Å². The minimum Gasteiger partial charge on any atom is -0.467 e. The largest absolute Gasteiger partial charge is 0.511 e. The van der Waals surface area contributed by atoms with Crippen LogP contribution in [0.1, 0.15) is 6.42 Å². The van der Waals surface area contributed by atoms with E-state index in [1.54, 1.807) is 12.1 Å². The summed E-state index contributed by atoms with van der Waals surface area (Å²) in [7, 11) is 3.59. The highest BCUT2D eigenvalue weighted by atomic mass is 19.1. The molecule has 1 fully saturated rings. The fourth-order valence-corrected chi connectivity index (χ4v) is 5.16. The summed E-state index contributed by atoms with van der Waals surface area (Å²) in [5, 5.41) is 13.7. The average molecular weight is 445 g/mol. The number of benzene rings is 1. The Morgan fingerprint density at radius 2 is 2.19 bits per heavy atom. The van der Waals surface area contributed by atoms with Crippen molar-refractivity contribution in [3.05, 3.63) is 34.4 Å². The number of carbonyl (C=O) groups is 1. The molecule has 3 aliphatic rings. The second-order valence-electron chi connectivity index (χ2n) is 8.40. The number of ether oxygens (including phenoxy) is 2. The summed E-state index contributed by atoms with van der Waals surface area (Å²) in [6.45, 7) is 1.31. The molecule has 32 heavy (non-hydrogen) atoms. The van der Waals surface area contributed by atoms with Gasteiger partial charge < -0.3 is 30.5 Å². The highest BCUT2D eigenvalue weighted by Gasteiger charge is 2.41. The SMILES string of the molecule is CNC1C=CCC2CN(c3c(F)c(N)c4c(=O)c(OC(=O)O)cn5c4c3OCN5C)CC21. The van der Waals surface area contributed by atoms with Crippen LogP contribution in [0.25, 0.3) is 10.9 Å². The molecule has 0 bridgehead atoms. The van der Waals surface area contributed by atoms with Crippen molar-refractivity contribution >= 4 is 28.4 Å². The molecule has 1 saturated heterocycles. The summed E-state index contributed by atoms with van der Waals surface area (Å²) >= 11 is 0. The van der Waals surface area contributed by atoms with E-state index in [1.165, 1.54) is 10.9 Å². The molecular weight excluding hydrogens is 421 g/mol. The molecule has 10 nitrogen and oxygen atoms in total. The van der Waals surface area contributed by atoms with Crippen LogP contribution in [0.15, 0.2) is 23.1 Å². The van der Waals surface area contributed by atoms with Crippen LogP contribution in [-0.2, 0) is 0 Å². The summed E-state index contributed by atoms with van der Waals surface area (Å²) in [4.78, 5) is 25.9. The molecule has 1 aromatic carbocycles. The summed E-state index contributed by atoms with van der Waals surface area (Å²) in [6, 6.07) is 0.192. The molecule has 0 radical (unpaired) electrons. The number of halogens is 1. The maximum Gasteiger partial charge on any atom is 0.511 e. The molecule has 4 N–H and O–H groups in total. The van der Waals surface area contributed by atoms with Gasteiger partial charge in [0.25, 0.3) is 0 Å². The van der Waals surface area contributed by atoms with Crippen LogP contribution in [0.2, 0.25) is 0 Å². The number of anilines is 2. The van der Waals surface area contributed by atoms with Crippen molar-refractivity contribution in [3.63, 3.8) is 0 Å². The third-order valence-corrected chi connectivity index (χ3v) is 6.65. The van der Waals surface area contributed by atoms with Crippen LogP contribution in [0.3, 0.4) is 0 Å². The quantitative estimate of drug-likeness (QED) is 0.364. The Labute approximate surface area is 182 Å². The number of nitrogens with two attached hydrogens (primary N) is 1. The molecule has 5 rings (SSSR count). The zero-order valence-corrected chi connectivity index (χ0v) is 17.7. The van der Waals surface area contributed by atoms with Crippen LogP contribution in [0, 0.1) is 17.7 Å². The lowest BCUT2D eigenvalue weighted by atomic mass is 9.82. The van der Waals surface area contributed by atoms with Crippen molar-refractivity contribution in [1.29, 1.82) is 0 Å². The maximum atomic E-state index is 15.7. The molecule has 3 heterocycles. The first-order valence-electron chi connectivity index (χ1n) is 10.4. The molecule has 3 atom stereocenters. The number of nitrogens with one attached hydrogen (secondary N) is 1. The van der Waals surface area contributed by atoms with Gasteiger partial charge in [-0.25, -0.2) is 9.18 Å². The lowest BCUT2D eigenvalue weighted by Crippen LogP contribution is -2.40. The molecule has 1 aromatic heterocycles. The molecule has 170 valence electrons. The number of hydrogen-bond acceptors (Lipinski definition) is 8. The van der Waals surface area contributed by atoms with Gasteiger partial charge in [0, 0.05) is 32.1 Å². The summed E-state index contributed by atoms with van der Waals surface area (Å²) in [6.07, 6.45) is 4.81. The second kappa shape index (κ2) is 7.30. The predicted octanol–water partition coefficient (Wildman–Crippen LogP) is 1.30. The lowest BCUT2D eigenvalue weighted by Gasteiger charge is -2.34. The highest BCUT2D eigenvalue weighted by Crippen LogP contribution is 2.47. The Hall–Kier alpha value is -3.47. The van der Waals surface area contributed by atoms with E-state index in [0.717, 1.165) is 6.42 Å². The summed E-state index contributed by atoms with van der Waals surface area (Å²) < 4.78 is 27.8. The Bertz CT molecular complexity index is 1210. The summed E-state index contributed by atoms with van der Waals surface area (Å²) in [5.41, 5.74) is 5.48. The van der Waals surface area contributed by atoms with E-state index in [0.29, 0.717) is 24.9 Å².